The normalized spacial score (nSPS) is 16.8. The van der Waals surface area contributed by atoms with Crippen LogP contribution in [0, 0.1) is 5.92 Å². The Morgan fingerprint density at radius 1 is 0.921 bits per heavy atom. The minimum atomic E-state index is -0.134. The fraction of sp³-hybridized carbons (Fsp3) is 0.516. The zero-order valence-corrected chi connectivity index (χ0v) is 23.1. The van der Waals surface area contributed by atoms with Gasteiger partial charge in [-0.15, -0.1) is 0 Å². The lowest BCUT2D eigenvalue weighted by Crippen LogP contribution is -2.50. The number of carbonyl (C=O) groups is 3. The van der Waals surface area contributed by atoms with Crippen molar-refractivity contribution in [1.82, 2.24) is 9.80 Å². The Balaban J connectivity index is 1.50. The highest BCUT2D eigenvalue weighted by Crippen LogP contribution is 2.30. The summed E-state index contributed by atoms with van der Waals surface area (Å²) in [4.78, 5) is 45.7. The second-order valence-corrected chi connectivity index (χ2v) is 10.4. The van der Waals surface area contributed by atoms with Crippen molar-refractivity contribution in [3.63, 3.8) is 0 Å². The number of nitrogens with one attached hydrogen (secondary N) is 1. The molecule has 7 heteroatoms. The molecule has 7 nitrogen and oxygen atoms in total. The number of benzene rings is 2. The molecule has 0 aromatic heterocycles. The average molecular weight is 519 g/mol. The van der Waals surface area contributed by atoms with Crippen LogP contribution in [0.3, 0.4) is 0 Å². The topological polar surface area (TPSA) is 73.0 Å². The average Bonchev–Trinajstić information content (AvgIpc) is 3.50. The van der Waals surface area contributed by atoms with Crippen LogP contribution in [-0.2, 0) is 9.59 Å². The van der Waals surface area contributed by atoms with Gasteiger partial charge in [-0.2, -0.15) is 0 Å². The molecule has 204 valence electrons. The van der Waals surface area contributed by atoms with E-state index in [1.807, 2.05) is 72.2 Å². The van der Waals surface area contributed by atoms with E-state index in [1.165, 1.54) is 0 Å². The predicted octanol–water partition coefficient (Wildman–Crippen LogP) is 5.14. The summed E-state index contributed by atoms with van der Waals surface area (Å²) in [5, 5.41) is 3.06. The maximum atomic E-state index is 13.5. The summed E-state index contributed by atoms with van der Waals surface area (Å²) in [6.45, 7) is 9.79. The van der Waals surface area contributed by atoms with Crippen molar-refractivity contribution in [3.8, 4) is 0 Å². The summed E-state index contributed by atoms with van der Waals surface area (Å²) in [5.41, 5.74) is 3.20. The first-order valence-electron chi connectivity index (χ1n) is 14.3. The standard InChI is InChI=1S/C31H42N4O3/c1-4-26(23-12-8-7-9-13-23)30(37)35-20-18-34(19-21-35)28-17-16-25(32-29(36)24-14-10-11-15-24)22-27(28)31(38)33(5-2)6-3/h7-9,12-13,16-17,22,24,26H,4-6,10-11,14-15,18-21H2,1-3H3,(H,32,36). The van der Waals surface area contributed by atoms with Crippen molar-refractivity contribution < 1.29 is 14.4 Å². The van der Waals surface area contributed by atoms with Gasteiger partial charge in [-0.25, -0.2) is 0 Å². The van der Waals surface area contributed by atoms with Gasteiger partial charge >= 0.3 is 0 Å². The van der Waals surface area contributed by atoms with Crippen LogP contribution < -0.4 is 10.2 Å². The second-order valence-electron chi connectivity index (χ2n) is 10.4. The quantitative estimate of drug-likeness (QED) is 0.499. The second kappa shape index (κ2) is 12.9. The van der Waals surface area contributed by atoms with Gasteiger partial charge in [0.05, 0.1) is 11.5 Å². The highest BCUT2D eigenvalue weighted by molar-refractivity contribution is 6.02. The number of nitrogens with zero attached hydrogens (tertiary/aromatic N) is 3. The van der Waals surface area contributed by atoms with Crippen LogP contribution in [0.25, 0.3) is 0 Å². The Hall–Kier alpha value is -3.35. The van der Waals surface area contributed by atoms with Crippen molar-refractivity contribution >= 4 is 29.1 Å². The van der Waals surface area contributed by atoms with E-state index in [2.05, 4.69) is 17.1 Å². The molecule has 1 saturated carbocycles. The maximum absolute atomic E-state index is 13.5. The van der Waals surface area contributed by atoms with Crippen molar-refractivity contribution in [2.45, 2.75) is 58.8 Å². The smallest absolute Gasteiger partial charge is 0.256 e. The molecule has 1 unspecified atom stereocenters. The highest BCUT2D eigenvalue weighted by atomic mass is 16.2. The number of hydrogen-bond donors (Lipinski definition) is 1. The van der Waals surface area contributed by atoms with E-state index in [0.717, 1.165) is 43.4 Å². The number of rotatable bonds is 9. The van der Waals surface area contributed by atoms with E-state index in [0.29, 0.717) is 50.5 Å². The first-order chi connectivity index (χ1) is 18.5. The summed E-state index contributed by atoms with van der Waals surface area (Å²) in [6.07, 6.45) is 4.82. The van der Waals surface area contributed by atoms with Crippen molar-refractivity contribution in [3.05, 3.63) is 59.7 Å². The van der Waals surface area contributed by atoms with Gasteiger partial charge in [0, 0.05) is 56.6 Å². The van der Waals surface area contributed by atoms with Crippen molar-refractivity contribution in [1.29, 1.82) is 0 Å². The monoisotopic (exact) mass is 518 g/mol. The fourth-order valence-electron chi connectivity index (χ4n) is 5.80. The summed E-state index contributed by atoms with van der Waals surface area (Å²) in [5.74, 6) is 0.112. The molecule has 38 heavy (non-hydrogen) atoms. The summed E-state index contributed by atoms with van der Waals surface area (Å²) in [6, 6.07) is 15.7. The Bertz CT molecular complexity index is 1100. The van der Waals surface area contributed by atoms with Gasteiger partial charge in [0.1, 0.15) is 0 Å². The lowest BCUT2D eigenvalue weighted by Gasteiger charge is -2.38. The molecule has 1 saturated heterocycles. The molecule has 0 radical (unpaired) electrons. The third-order valence-corrected chi connectivity index (χ3v) is 8.11. The van der Waals surface area contributed by atoms with Gasteiger partial charge in [-0.3, -0.25) is 14.4 Å². The summed E-state index contributed by atoms with van der Waals surface area (Å²) >= 11 is 0. The fourth-order valence-corrected chi connectivity index (χ4v) is 5.80. The van der Waals surface area contributed by atoms with Gasteiger partial charge in [0.25, 0.3) is 5.91 Å². The van der Waals surface area contributed by atoms with Crippen molar-refractivity contribution in [2.75, 3.05) is 49.5 Å². The van der Waals surface area contributed by atoms with E-state index in [-0.39, 0.29) is 29.6 Å². The molecule has 1 heterocycles. The zero-order valence-electron chi connectivity index (χ0n) is 23.1. The molecule has 3 amide bonds. The first-order valence-corrected chi connectivity index (χ1v) is 14.3. The summed E-state index contributed by atoms with van der Waals surface area (Å²) in [7, 11) is 0. The lowest BCUT2D eigenvalue weighted by atomic mass is 9.94. The number of amides is 3. The third-order valence-electron chi connectivity index (χ3n) is 8.11. The largest absolute Gasteiger partial charge is 0.367 e. The molecule has 1 atom stereocenters. The number of anilines is 2. The molecule has 2 aliphatic rings. The molecule has 2 aromatic rings. The number of hydrogen-bond acceptors (Lipinski definition) is 4. The molecule has 4 rings (SSSR count). The van der Waals surface area contributed by atoms with Crippen LogP contribution in [0.2, 0.25) is 0 Å². The Morgan fingerprint density at radius 2 is 1.58 bits per heavy atom. The van der Waals surface area contributed by atoms with Gasteiger partial charge in [0.2, 0.25) is 11.8 Å². The van der Waals surface area contributed by atoms with E-state index >= 15 is 0 Å². The van der Waals surface area contributed by atoms with E-state index < -0.39 is 0 Å². The Kier molecular flexibility index (Phi) is 9.43. The van der Waals surface area contributed by atoms with Crippen LogP contribution >= 0.6 is 0 Å². The minimum absolute atomic E-state index is 0.0319. The van der Waals surface area contributed by atoms with Crippen LogP contribution in [0.4, 0.5) is 11.4 Å². The Morgan fingerprint density at radius 3 is 2.18 bits per heavy atom. The van der Waals surface area contributed by atoms with E-state index in [4.69, 9.17) is 0 Å². The molecule has 1 aliphatic carbocycles. The van der Waals surface area contributed by atoms with Crippen LogP contribution in [0.15, 0.2) is 48.5 Å². The Labute approximate surface area is 227 Å². The molecule has 0 bridgehead atoms. The first kappa shape index (κ1) is 27.7. The van der Waals surface area contributed by atoms with Crippen molar-refractivity contribution in [2.24, 2.45) is 5.92 Å². The van der Waals surface area contributed by atoms with E-state index in [1.54, 1.807) is 0 Å². The number of piperazine rings is 1. The molecular formula is C31H42N4O3. The van der Waals surface area contributed by atoms with Gasteiger partial charge in [-0.05, 0) is 56.9 Å². The van der Waals surface area contributed by atoms with Crippen LogP contribution in [0.1, 0.15) is 74.7 Å². The molecule has 2 fully saturated rings. The minimum Gasteiger partial charge on any atom is -0.367 e. The molecular weight excluding hydrogens is 476 g/mol. The zero-order chi connectivity index (χ0) is 27.1. The van der Waals surface area contributed by atoms with Gasteiger partial charge in [-0.1, -0.05) is 50.1 Å². The molecule has 0 spiro atoms. The van der Waals surface area contributed by atoms with Crippen LogP contribution in [0.5, 0.6) is 0 Å². The highest BCUT2D eigenvalue weighted by Gasteiger charge is 2.30. The third kappa shape index (κ3) is 6.20. The molecule has 1 N–H and O–H groups in total. The molecule has 2 aromatic carbocycles. The maximum Gasteiger partial charge on any atom is 0.256 e. The SMILES string of the molecule is CCC(C(=O)N1CCN(c2ccc(NC(=O)C3CCCC3)cc2C(=O)N(CC)CC)CC1)c1ccccc1. The number of carbonyl (C=O) groups excluding carboxylic acids is 3. The van der Waals surface area contributed by atoms with E-state index in [9.17, 15) is 14.4 Å². The van der Waals surface area contributed by atoms with Gasteiger partial charge in [0.15, 0.2) is 0 Å². The summed E-state index contributed by atoms with van der Waals surface area (Å²) < 4.78 is 0. The molecule has 1 aliphatic heterocycles. The predicted molar refractivity (Wildman–Crippen MR) is 153 cm³/mol. The van der Waals surface area contributed by atoms with Gasteiger partial charge < -0.3 is 20.0 Å². The van der Waals surface area contributed by atoms with Crippen LogP contribution in [-0.4, -0.2) is 66.8 Å². The lowest BCUT2D eigenvalue weighted by molar-refractivity contribution is -0.133.